The number of nitrogens with one attached hydrogen (secondary N) is 1. The second kappa shape index (κ2) is 4.57. The summed E-state index contributed by atoms with van der Waals surface area (Å²) in [5, 5.41) is 8.01. The van der Waals surface area contributed by atoms with Crippen LogP contribution in [0.4, 0.5) is 11.6 Å². The SMILES string of the molecule is [C-]#[N+]c1nn2c(c1SCC)NC(C)(C)c1ccccc1-2. The molecular weight excluding hydrogens is 268 g/mol. The molecule has 4 nitrogen and oxygen atoms in total. The van der Waals surface area contributed by atoms with Crippen molar-refractivity contribution in [1.29, 1.82) is 0 Å². The number of para-hydroxylation sites is 1. The first kappa shape index (κ1) is 13.1. The zero-order chi connectivity index (χ0) is 14.3. The molecule has 3 rings (SSSR count). The zero-order valence-electron chi connectivity index (χ0n) is 11.8. The highest BCUT2D eigenvalue weighted by Gasteiger charge is 2.35. The number of benzene rings is 1. The Hall–Kier alpha value is -1.93. The van der Waals surface area contributed by atoms with Gasteiger partial charge in [0.15, 0.2) is 5.82 Å². The van der Waals surface area contributed by atoms with E-state index in [-0.39, 0.29) is 5.54 Å². The van der Waals surface area contributed by atoms with E-state index in [9.17, 15) is 0 Å². The Morgan fingerprint density at radius 2 is 2.15 bits per heavy atom. The van der Waals surface area contributed by atoms with Gasteiger partial charge in [-0.3, -0.25) is 0 Å². The van der Waals surface area contributed by atoms with Gasteiger partial charge < -0.3 is 10.2 Å². The fourth-order valence-corrected chi connectivity index (χ4v) is 3.36. The number of nitrogens with zero attached hydrogens (tertiary/aromatic N) is 3. The summed E-state index contributed by atoms with van der Waals surface area (Å²) in [5.41, 5.74) is 2.08. The molecule has 102 valence electrons. The van der Waals surface area contributed by atoms with E-state index in [0.29, 0.717) is 5.82 Å². The normalized spacial score (nSPS) is 14.9. The van der Waals surface area contributed by atoms with Gasteiger partial charge in [0.05, 0.1) is 16.1 Å². The van der Waals surface area contributed by atoms with Gasteiger partial charge in [-0.25, -0.2) is 0 Å². The molecule has 0 saturated heterocycles. The van der Waals surface area contributed by atoms with Crippen LogP contribution in [0, 0.1) is 6.57 Å². The lowest BCUT2D eigenvalue weighted by molar-refractivity contribution is 0.572. The maximum absolute atomic E-state index is 7.33. The van der Waals surface area contributed by atoms with Crippen LogP contribution >= 0.6 is 11.8 Å². The molecule has 0 radical (unpaired) electrons. The van der Waals surface area contributed by atoms with Crippen molar-refractivity contribution in [3.8, 4) is 5.69 Å². The summed E-state index contributed by atoms with van der Waals surface area (Å²) in [6.45, 7) is 13.7. The Morgan fingerprint density at radius 1 is 1.40 bits per heavy atom. The molecular formula is C15H16N4S. The van der Waals surface area contributed by atoms with E-state index >= 15 is 0 Å². The van der Waals surface area contributed by atoms with E-state index in [0.717, 1.165) is 22.2 Å². The lowest BCUT2D eigenvalue weighted by Gasteiger charge is -2.34. The van der Waals surface area contributed by atoms with Crippen molar-refractivity contribution >= 4 is 23.4 Å². The van der Waals surface area contributed by atoms with Crippen molar-refractivity contribution < 1.29 is 0 Å². The smallest absolute Gasteiger partial charge is 0.311 e. The molecule has 1 N–H and O–H groups in total. The predicted octanol–water partition coefficient (Wildman–Crippen LogP) is 4.20. The van der Waals surface area contributed by atoms with Crippen LogP contribution in [0.5, 0.6) is 0 Å². The number of rotatable bonds is 2. The average Bonchev–Trinajstić information content (AvgIpc) is 2.77. The molecule has 2 aromatic rings. The van der Waals surface area contributed by atoms with Crippen LogP contribution in [0.15, 0.2) is 29.2 Å². The van der Waals surface area contributed by atoms with Crippen molar-refractivity contribution in [2.45, 2.75) is 31.2 Å². The second-order valence-electron chi connectivity index (χ2n) is 5.23. The molecule has 1 aliphatic heterocycles. The van der Waals surface area contributed by atoms with Gasteiger partial charge in [-0.05, 0) is 30.8 Å². The molecule has 0 bridgehead atoms. The minimum Gasteiger partial charge on any atom is -0.360 e. The third kappa shape index (κ3) is 1.80. The van der Waals surface area contributed by atoms with Gasteiger partial charge in [0.2, 0.25) is 0 Å². The Labute approximate surface area is 123 Å². The molecule has 0 aliphatic carbocycles. The summed E-state index contributed by atoms with van der Waals surface area (Å²) in [4.78, 5) is 4.52. The molecule has 0 spiro atoms. The number of aromatic nitrogens is 2. The van der Waals surface area contributed by atoms with E-state index in [4.69, 9.17) is 6.57 Å². The van der Waals surface area contributed by atoms with Gasteiger partial charge in [0.25, 0.3) is 0 Å². The quantitative estimate of drug-likeness (QED) is 0.663. The highest BCUT2D eigenvalue weighted by Crippen LogP contribution is 2.44. The summed E-state index contributed by atoms with van der Waals surface area (Å²) in [5.74, 6) is 2.34. The van der Waals surface area contributed by atoms with Gasteiger partial charge in [0, 0.05) is 5.56 Å². The maximum Gasteiger partial charge on any atom is 0.311 e. The first-order valence-electron chi connectivity index (χ1n) is 6.60. The topological polar surface area (TPSA) is 34.2 Å². The van der Waals surface area contributed by atoms with Gasteiger partial charge in [0.1, 0.15) is 0 Å². The van der Waals surface area contributed by atoms with Crippen molar-refractivity contribution in [1.82, 2.24) is 9.78 Å². The predicted molar refractivity (Wildman–Crippen MR) is 82.9 cm³/mol. The Kier molecular flexibility index (Phi) is 2.98. The van der Waals surface area contributed by atoms with Crippen LogP contribution in [0.3, 0.4) is 0 Å². The fourth-order valence-electron chi connectivity index (χ4n) is 2.58. The summed E-state index contributed by atoms with van der Waals surface area (Å²) in [6, 6.07) is 8.21. The van der Waals surface area contributed by atoms with Crippen LogP contribution in [-0.2, 0) is 5.54 Å². The summed E-state index contributed by atoms with van der Waals surface area (Å²) in [6.07, 6.45) is 0. The van der Waals surface area contributed by atoms with Crippen LogP contribution in [0.25, 0.3) is 10.5 Å². The minimum atomic E-state index is -0.172. The van der Waals surface area contributed by atoms with Crippen LogP contribution in [0.2, 0.25) is 0 Å². The minimum absolute atomic E-state index is 0.172. The Morgan fingerprint density at radius 3 is 2.85 bits per heavy atom. The summed E-state index contributed by atoms with van der Waals surface area (Å²) < 4.78 is 1.87. The maximum atomic E-state index is 7.33. The zero-order valence-corrected chi connectivity index (χ0v) is 12.6. The first-order chi connectivity index (χ1) is 9.58. The fraction of sp³-hybridized carbons (Fsp3) is 0.333. The highest BCUT2D eigenvalue weighted by molar-refractivity contribution is 7.99. The van der Waals surface area contributed by atoms with Crippen LogP contribution in [0.1, 0.15) is 26.3 Å². The van der Waals surface area contributed by atoms with E-state index in [2.05, 4.69) is 48.2 Å². The van der Waals surface area contributed by atoms with E-state index in [1.165, 1.54) is 5.56 Å². The third-order valence-corrected chi connectivity index (χ3v) is 4.41. The molecule has 2 heterocycles. The van der Waals surface area contributed by atoms with Crippen molar-refractivity contribution in [2.75, 3.05) is 11.1 Å². The molecule has 5 heteroatoms. The van der Waals surface area contributed by atoms with E-state index < -0.39 is 0 Å². The van der Waals surface area contributed by atoms with Gasteiger partial charge >= 0.3 is 5.82 Å². The lowest BCUT2D eigenvalue weighted by Crippen LogP contribution is -2.34. The standard InChI is InChI=1S/C15H16N4S/c1-5-20-12-13(16-4)18-19-11-9-7-6-8-10(11)15(2,3)17-14(12)19/h6-9,17H,5H2,1-3H3. The van der Waals surface area contributed by atoms with Crippen molar-refractivity contribution in [2.24, 2.45) is 0 Å². The molecule has 0 atom stereocenters. The van der Waals surface area contributed by atoms with Gasteiger partial charge in [-0.15, -0.1) is 16.4 Å². The largest absolute Gasteiger partial charge is 0.360 e. The first-order valence-corrected chi connectivity index (χ1v) is 7.58. The number of fused-ring (bicyclic) bond motifs is 3. The highest BCUT2D eigenvalue weighted by atomic mass is 32.2. The van der Waals surface area contributed by atoms with Crippen LogP contribution in [-0.4, -0.2) is 15.5 Å². The molecule has 1 aliphatic rings. The molecule has 0 unspecified atom stereocenters. The number of hydrogen-bond donors (Lipinski definition) is 1. The van der Waals surface area contributed by atoms with Crippen molar-refractivity contribution in [3.05, 3.63) is 41.2 Å². The molecule has 1 aromatic heterocycles. The Bertz CT molecular complexity index is 709. The number of thioether (sulfide) groups is 1. The monoisotopic (exact) mass is 284 g/mol. The second-order valence-corrected chi connectivity index (χ2v) is 6.50. The summed E-state index contributed by atoms with van der Waals surface area (Å²) in [7, 11) is 0. The molecule has 0 amide bonds. The van der Waals surface area contributed by atoms with Gasteiger partial charge in [-0.2, -0.15) is 0 Å². The van der Waals surface area contributed by atoms with Crippen LogP contribution < -0.4 is 5.32 Å². The molecule has 0 saturated carbocycles. The van der Waals surface area contributed by atoms with E-state index in [1.54, 1.807) is 11.8 Å². The molecule has 0 fully saturated rings. The van der Waals surface area contributed by atoms with E-state index in [1.807, 2.05) is 16.8 Å². The van der Waals surface area contributed by atoms with Crippen molar-refractivity contribution in [3.63, 3.8) is 0 Å². The number of hydrogen-bond acceptors (Lipinski definition) is 3. The lowest BCUT2D eigenvalue weighted by atomic mass is 9.91. The molecule has 20 heavy (non-hydrogen) atoms. The Balaban J connectivity index is 2.29. The number of anilines is 1. The average molecular weight is 284 g/mol. The summed E-state index contributed by atoms with van der Waals surface area (Å²) >= 11 is 1.66. The van der Waals surface area contributed by atoms with Gasteiger partial charge in [-0.1, -0.05) is 31.7 Å². The third-order valence-electron chi connectivity index (χ3n) is 3.46. The molecule has 1 aromatic carbocycles.